The second-order valence-electron chi connectivity index (χ2n) is 13.9. The normalized spacial score (nSPS) is 13.0. The number of amides is 1. The largest absolute Gasteiger partial charge is 0.353 e. The van der Waals surface area contributed by atoms with Crippen LogP contribution in [-0.2, 0) is 4.79 Å². The highest BCUT2D eigenvalue weighted by Crippen LogP contribution is 2.16. The maximum atomic E-state index is 12.6. The first kappa shape index (κ1) is 44.4. The number of carbonyl (C=O) groups excluding carboxylic acids is 1. The molecule has 0 radical (unpaired) electrons. The molecule has 0 unspecified atom stereocenters. The Morgan fingerprint density at radius 3 is 1.26 bits per heavy atom. The molecule has 0 aliphatic rings. The summed E-state index contributed by atoms with van der Waals surface area (Å²) < 4.78 is 0. The van der Waals surface area contributed by atoms with Gasteiger partial charge in [-0.05, 0) is 104 Å². The average Bonchev–Trinajstić information content (AvgIpc) is 3.04. The number of carbonyl (C=O) groups is 1. The first-order valence-corrected chi connectivity index (χ1v) is 20.1. The van der Waals surface area contributed by atoms with Crippen LogP contribution in [-0.4, -0.2) is 37.5 Å². The predicted molar refractivity (Wildman–Crippen MR) is 208 cm³/mol. The second kappa shape index (κ2) is 37.8. The fourth-order valence-corrected chi connectivity index (χ4v) is 5.90. The molecule has 0 aromatic carbocycles. The maximum Gasteiger partial charge on any atom is 0.220 e. The van der Waals surface area contributed by atoms with Gasteiger partial charge in [-0.1, -0.05) is 152 Å². The lowest BCUT2D eigenvalue weighted by atomic mass is 9.99. The zero-order chi connectivity index (χ0) is 33.6. The van der Waals surface area contributed by atoms with Crippen molar-refractivity contribution in [2.24, 2.45) is 0 Å². The molecule has 0 fully saturated rings. The minimum Gasteiger partial charge on any atom is -0.353 e. The lowest BCUT2D eigenvalue weighted by Gasteiger charge is -2.19. The third-order valence-corrected chi connectivity index (χ3v) is 8.88. The number of nitrogens with zero attached hydrogens (tertiary/aromatic N) is 1. The first-order chi connectivity index (χ1) is 22.6. The van der Waals surface area contributed by atoms with E-state index in [4.69, 9.17) is 0 Å². The summed E-state index contributed by atoms with van der Waals surface area (Å²) in [6, 6.07) is 0.364. The molecule has 0 atom stereocenters. The smallest absolute Gasteiger partial charge is 0.220 e. The van der Waals surface area contributed by atoms with Crippen molar-refractivity contribution >= 4 is 5.91 Å². The van der Waals surface area contributed by atoms with Crippen molar-refractivity contribution in [3.05, 3.63) is 48.6 Å². The molecule has 268 valence electrons. The van der Waals surface area contributed by atoms with Crippen LogP contribution in [0.5, 0.6) is 0 Å². The van der Waals surface area contributed by atoms with E-state index >= 15 is 0 Å². The van der Waals surface area contributed by atoms with Crippen molar-refractivity contribution in [2.75, 3.05) is 20.6 Å². The third kappa shape index (κ3) is 36.9. The van der Waals surface area contributed by atoms with Gasteiger partial charge in [0.25, 0.3) is 0 Å². The predicted octanol–water partition coefficient (Wildman–Crippen LogP) is 13.2. The summed E-state index contributed by atoms with van der Waals surface area (Å²) in [5.74, 6) is 0.256. The van der Waals surface area contributed by atoms with Gasteiger partial charge in [0.15, 0.2) is 0 Å². The summed E-state index contributed by atoms with van der Waals surface area (Å²) in [6.45, 7) is 5.51. The lowest BCUT2D eigenvalue weighted by Crippen LogP contribution is -2.35. The summed E-state index contributed by atoms with van der Waals surface area (Å²) >= 11 is 0. The van der Waals surface area contributed by atoms with Crippen LogP contribution in [0.25, 0.3) is 0 Å². The van der Waals surface area contributed by atoms with Crippen LogP contribution in [0.2, 0.25) is 0 Å². The van der Waals surface area contributed by atoms with Gasteiger partial charge in [-0.2, -0.15) is 0 Å². The van der Waals surface area contributed by atoms with Crippen molar-refractivity contribution in [1.82, 2.24) is 10.2 Å². The Bertz CT molecular complexity index is 687. The van der Waals surface area contributed by atoms with E-state index in [0.29, 0.717) is 12.5 Å². The molecule has 3 nitrogen and oxygen atoms in total. The summed E-state index contributed by atoms with van der Waals surface area (Å²) in [4.78, 5) is 14.8. The van der Waals surface area contributed by atoms with Crippen LogP contribution in [0.15, 0.2) is 48.6 Å². The molecule has 0 aromatic rings. The Kier molecular flexibility index (Phi) is 36.5. The van der Waals surface area contributed by atoms with Gasteiger partial charge >= 0.3 is 0 Å². The average molecular weight is 641 g/mol. The summed E-state index contributed by atoms with van der Waals surface area (Å²) in [5.41, 5.74) is 0. The van der Waals surface area contributed by atoms with Gasteiger partial charge < -0.3 is 10.2 Å². The number of rotatable bonds is 35. The Morgan fingerprint density at radius 1 is 0.500 bits per heavy atom. The molecule has 1 N–H and O–H groups in total. The molecule has 0 saturated carbocycles. The molecule has 0 aliphatic heterocycles. The molecule has 3 heteroatoms. The Labute approximate surface area is 289 Å². The van der Waals surface area contributed by atoms with Gasteiger partial charge in [-0.3, -0.25) is 4.79 Å². The van der Waals surface area contributed by atoms with Crippen LogP contribution in [0, 0.1) is 0 Å². The van der Waals surface area contributed by atoms with E-state index in [2.05, 4.69) is 86.8 Å². The quantitative estimate of drug-likeness (QED) is 0.0552. The molecule has 1 amide bonds. The number of unbranched alkanes of at least 4 members (excludes halogenated alkanes) is 18. The fourth-order valence-electron chi connectivity index (χ4n) is 5.90. The Balaban J connectivity index is 4.01. The molecule has 0 heterocycles. The molecule has 46 heavy (non-hydrogen) atoms. The highest BCUT2D eigenvalue weighted by Gasteiger charge is 2.12. The van der Waals surface area contributed by atoms with E-state index in [1.807, 2.05) is 0 Å². The number of hydrogen-bond acceptors (Lipinski definition) is 2. The highest BCUT2D eigenvalue weighted by molar-refractivity contribution is 5.76. The van der Waals surface area contributed by atoms with Gasteiger partial charge in [0.05, 0.1) is 0 Å². The fraction of sp³-hybridized carbons (Fsp3) is 0.791. The summed E-state index contributed by atoms with van der Waals surface area (Å²) in [6.07, 6.45) is 53.5. The highest BCUT2D eigenvalue weighted by atomic mass is 16.1. The summed E-state index contributed by atoms with van der Waals surface area (Å²) in [7, 11) is 4.16. The van der Waals surface area contributed by atoms with Crippen LogP contribution in [0.4, 0.5) is 0 Å². The van der Waals surface area contributed by atoms with Crippen LogP contribution in [0.1, 0.15) is 194 Å². The maximum absolute atomic E-state index is 12.6. The molecule has 0 aliphatic carbocycles. The van der Waals surface area contributed by atoms with Crippen molar-refractivity contribution in [3.63, 3.8) is 0 Å². The van der Waals surface area contributed by atoms with Gasteiger partial charge in [-0.25, -0.2) is 0 Å². The third-order valence-electron chi connectivity index (χ3n) is 8.88. The van der Waals surface area contributed by atoms with Gasteiger partial charge in [0.2, 0.25) is 5.91 Å². The SMILES string of the molecule is CCCCCC=CCC=CCCCCCCCCC(CCCCCCCCC=CCC=CCCCCC)NC(=O)CCCN(C)C. The van der Waals surface area contributed by atoms with Crippen LogP contribution in [0.3, 0.4) is 0 Å². The minimum absolute atomic E-state index is 0.256. The van der Waals surface area contributed by atoms with E-state index < -0.39 is 0 Å². The Hall–Kier alpha value is -1.61. The van der Waals surface area contributed by atoms with Crippen molar-refractivity contribution in [3.8, 4) is 0 Å². The zero-order valence-corrected chi connectivity index (χ0v) is 31.6. The molecule has 0 aromatic heterocycles. The monoisotopic (exact) mass is 641 g/mol. The molecule has 0 bridgehead atoms. The minimum atomic E-state index is 0.256. The van der Waals surface area contributed by atoms with Crippen LogP contribution < -0.4 is 5.32 Å². The number of nitrogens with one attached hydrogen (secondary N) is 1. The van der Waals surface area contributed by atoms with E-state index in [9.17, 15) is 4.79 Å². The first-order valence-electron chi connectivity index (χ1n) is 20.1. The molecular formula is C43H80N2O. The Morgan fingerprint density at radius 2 is 0.870 bits per heavy atom. The van der Waals surface area contributed by atoms with Gasteiger partial charge in [0.1, 0.15) is 0 Å². The van der Waals surface area contributed by atoms with Crippen molar-refractivity contribution < 1.29 is 4.79 Å². The van der Waals surface area contributed by atoms with Crippen LogP contribution >= 0.6 is 0 Å². The van der Waals surface area contributed by atoms with E-state index in [-0.39, 0.29) is 5.91 Å². The van der Waals surface area contributed by atoms with E-state index in [0.717, 1.165) is 38.6 Å². The van der Waals surface area contributed by atoms with Gasteiger partial charge in [0, 0.05) is 12.5 Å². The second-order valence-corrected chi connectivity index (χ2v) is 13.9. The number of hydrogen-bond donors (Lipinski definition) is 1. The van der Waals surface area contributed by atoms with Crippen molar-refractivity contribution in [2.45, 2.75) is 200 Å². The molecule has 0 saturated heterocycles. The van der Waals surface area contributed by atoms with E-state index in [1.54, 1.807) is 0 Å². The molecule has 0 rings (SSSR count). The zero-order valence-electron chi connectivity index (χ0n) is 31.6. The molecule has 0 spiro atoms. The lowest BCUT2D eigenvalue weighted by molar-refractivity contribution is -0.122. The molecular weight excluding hydrogens is 560 g/mol. The summed E-state index contributed by atoms with van der Waals surface area (Å²) in [5, 5.41) is 3.41. The number of allylic oxidation sites excluding steroid dienone is 8. The van der Waals surface area contributed by atoms with Crippen molar-refractivity contribution in [1.29, 1.82) is 0 Å². The van der Waals surface area contributed by atoms with Gasteiger partial charge in [-0.15, -0.1) is 0 Å². The topological polar surface area (TPSA) is 32.3 Å². The standard InChI is InChI=1S/C43H80N2O/c1-5-7-9-11-13-15-17-19-21-23-25-27-29-31-33-35-38-42(44-43(46)40-37-41-45(3)4)39-36-34-32-30-28-26-24-22-20-18-16-14-12-10-8-6-2/h13-16,19-22,42H,5-12,17-18,23-41H2,1-4H3,(H,44,46). The van der Waals surface area contributed by atoms with E-state index in [1.165, 1.54) is 141 Å².